The lowest BCUT2D eigenvalue weighted by molar-refractivity contribution is -0.118. The summed E-state index contributed by atoms with van der Waals surface area (Å²) in [6, 6.07) is 18.0. The van der Waals surface area contributed by atoms with Crippen LogP contribution >= 0.6 is 11.8 Å². The minimum atomic E-state index is 0.0195. The van der Waals surface area contributed by atoms with E-state index >= 15 is 0 Å². The summed E-state index contributed by atoms with van der Waals surface area (Å²) in [5.41, 5.74) is 4.25. The highest BCUT2D eigenvalue weighted by molar-refractivity contribution is 7.99. The first-order valence-electron chi connectivity index (χ1n) is 8.73. The number of nitrogens with zero attached hydrogens (tertiary/aromatic N) is 2. The number of hydrogen-bond acceptors (Lipinski definition) is 4. The van der Waals surface area contributed by atoms with E-state index < -0.39 is 0 Å². The highest BCUT2D eigenvalue weighted by atomic mass is 32.2. The van der Waals surface area contributed by atoms with Crippen LogP contribution in [0.3, 0.4) is 0 Å². The van der Waals surface area contributed by atoms with Crippen LogP contribution in [-0.2, 0) is 17.1 Å². The predicted octanol–water partition coefficient (Wildman–Crippen LogP) is 3.74. The molecule has 0 aliphatic carbocycles. The summed E-state index contributed by atoms with van der Waals surface area (Å²) in [4.78, 5) is 12.0. The Morgan fingerprint density at radius 2 is 1.85 bits per heavy atom. The number of hydrogen-bond donors (Lipinski definition) is 1. The Bertz CT molecular complexity index is 873. The minimum Gasteiger partial charge on any atom is -0.497 e. The molecular weight excluding hydrogens is 358 g/mol. The zero-order valence-electron chi connectivity index (χ0n) is 15.5. The molecular formula is C21H23N3O2S. The van der Waals surface area contributed by atoms with Crippen LogP contribution < -0.4 is 10.1 Å². The Morgan fingerprint density at radius 3 is 2.56 bits per heavy atom. The summed E-state index contributed by atoms with van der Waals surface area (Å²) in [6.07, 6.45) is 1.88. The Morgan fingerprint density at radius 1 is 1.11 bits per heavy atom. The fourth-order valence-corrected chi connectivity index (χ4v) is 3.34. The molecule has 140 valence electrons. The maximum atomic E-state index is 12.0. The Labute approximate surface area is 163 Å². The van der Waals surface area contributed by atoms with Gasteiger partial charge in [0, 0.05) is 11.9 Å². The third-order valence-electron chi connectivity index (χ3n) is 4.07. The molecule has 1 aromatic heterocycles. The van der Waals surface area contributed by atoms with E-state index in [1.165, 1.54) is 11.1 Å². The second kappa shape index (κ2) is 9.28. The molecule has 6 heteroatoms. The first kappa shape index (κ1) is 19.0. The fraction of sp³-hybridized carbons (Fsp3) is 0.238. The van der Waals surface area contributed by atoms with Gasteiger partial charge in [-0.2, -0.15) is 5.10 Å². The molecule has 0 atom stereocenters. The third kappa shape index (κ3) is 5.62. The van der Waals surface area contributed by atoms with Crippen LogP contribution in [0.2, 0.25) is 0 Å². The molecule has 1 N–H and O–H groups in total. The van der Waals surface area contributed by atoms with E-state index in [-0.39, 0.29) is 5.91 Å². The van der Waals surface area contributed by atoms with Crippen molar-refractivity contribution in [3.05, 3.63) is 77.6 Å². The second-order valence-corrected chi connectivity index (χ2v) is 7.19. The SMILES string of the molecule is COc1ccc(-n2ccc(CNC(=O)CSCc3ccc(C)cc3)n2)cc1. The summed E-state index contributed by atoms with van der Waals surface area (Å²) in [7, 11) is 1.64. The summed E-state index contributed by atoms with van der Waals surface area (Å²) >= 11 is 1.61. The normalized spacial score (nSPS) is 10.6. The van der Waals surface area contributed by atoms with Crippen LogP contribution in [0.15, 0.2) is 60.8 Å². The van der Waals surface area contributed by atoms with Gasteiger partial charge >= 0.3 is 0 Å². The van der Waals surface area contributed by atoms with Gasteiger partial charge in [-0.3, -0.25) is 4.79 Å². The predicted molar refractivity (Wildman–Crippen MR) is 109 cm³/mol. The number of benzene rings is 2. The van der Waals surface area contributed by atoms with E-state index in [1.54, 1.807) is 23.6 Å². The molecule has 27 heavy (non-hydrogen) atoms. The quantitative estimate of drug-likeness (QED) is 0.646. The van der Waals surface area contributed by atoms with E-state index in [0.717, 1.165) is 22.9 Å². The van der Waals surface area contributed by atoms with Gasteiger partial charge < -0.3 is 10.1 Å². The summed E-state index contributed by atoms with van der Waals surface area (Å²) in [5, 5.41) is 7.42. The number of methoxy groups -OCH3 is 1. The Balaban J connectivity index is 1.43. The minimum absolute atomic E-state index is 0.0195. The molecule has 0 aliphatic rings. The molecule has 0 unspecified atom stereocenters. The van der Waals surface area contributed by atoms with Crippen molar-refractivity contribution in [2.24, 2.45) is 0 Å². The molecule has 0 radical (unpaired) electrons. The lowest BCUT2D eigenvalue weighted by Gasteiger charge is -2.05. The average molecular weight is 382 g/mol. The highest BCUT2D eigenvalue weighted by Crippen LogP contribution is 2.15. The van der Waals surface area contributed by atoms with Gasteiger partial charge in [-0.25, -0.2) is 4.68 Å². The molecule has 1 heterocycles. The Hall–Kier alpha value is -2.73. The molecule has 2 aromatic carbocycles. The van der Waals surface area contributed by atoms with Gasteiger partial charge in [-0.05, 0) is 42.8 Å². The van der Waals surface area contributed by atoms with Crippen molar-refractivity contribution in [2.45, 2.75) is 19.2 Å². The van der Waals surface area contributed by atoms with Gasteiger partial charge in [0.25, 0.3) is 0 Å². The van der Waals surface area contributed by atoms with Gasteiger partial charge in [-0.15, -0.1) is 11.8 Å². The first-order valence-corrected chi connectivity index (χ1v) is 9.88. The van der Waals surface area contributed by atoms with E-state index in [9.17, 15) is 4.79 Å². The van der Waals surface area contributed by atoms with Crippen molar-refractivity contribution in [1.82, 2.24) is 15.1 Å². The molecule has 1 amide bonds. The highest BCUT2D eigenvalue weighted by Gasteiger charge is 2.05. The molecule has 0 spiro atoms. The number of aryl methyl sites for hydroxylation is 1. The molecule has 5 nitrogen and oxygen atoms in total. The van der Waals surface area contributed by atoms with E-state index in [1.807, 2.05) is 36.5 Å². The van der Waals surface area contributed by atoms with E-state index in [2.05, 4.69) is 41.6 Å². The van der Waals surface area contributed by atoms with Gasteiger partial charge in [0.15, 0.2) is 0 Å². The van der Waals surface area contributed by atoms with Crippen LogP contribution in [0.4, 0.5) is 0 Å². The van der Waals surface area contributed by atoms with Gasteiger partial charge in [-0.1, -0.05) is 29.8 Å². The van der Waals surface area contributed by atoms with Gasteiger partial charge in [0.05, 0.1) is 30.8 Å². The second-order valence-electron chi connectivity index (χ2n) is 6.20. The van der Waals surface area contributed by atoms with Gasteiger partial charge in [0.1, 0.15) is 5.75 Å². The number of carbonyl (C=O) groups excluding carboxylic acids is 1. The van der Waals surface area contributed by atoms with Crippen LogP contribution in [0.5, 0.6) is 5.75 Å². The summed E-state index contributed by atoms with van der Waals surface area (Å²) in [6.45, 7) is 2.49. The molecule has 0 fully saturated rings. The van der Waals surface area contributed by atoms with Crippen LogP contribution in [-0.4, -0.2) is 28.6 Å². The summed E-state index contributed by atoms with van der Waals surface area (Å²) < 4.78 is 6.95. The monoisotopic (exact) mass is 381 g/mol. The van der Waals surface area contributed by atoms with Crippen LogP contribution in [0.25, 0.3) is 5.69 Å². The zero-order valence-corrected chi connectivity index (χ0v) is 16.3. The number of rotatable bonds is 8. The molecule has 0 bridgehead atoms. The standard InChI is InChI=1S/C21H23N3O2S/c1-16-3-5-17(6-4-16)14-27-15-21(25)22-13-18-11-12-24(23-18)19-7-9-20(26-2)10-8-19/h3-12H,13-15H2,1-2H3,(H,22,25). The molecule has 0 aliphatic heterocycles. The van der Waals surface area contributed by atoms with E-state index in [0.29, 0.717) is 12.3 Å². The van der Waals surface area contributed by atoms with Crippen molar-refractivity contribution in [2.75, 3.05) is 12.9 Å². The molecule has 0 saturated heterocycles. The van der Waals surface area contributed by atoms with Gasteiger partial charge in [0.2, 0.25) is 5.91 Å². The largest absolute Gasteiger partial charge is 0.497 e. The van der Waals surface area contributed by atoms with Crippen molar-refractivity contribution < 1.29 is 9.53 Å². The zero-order chi connectivity index (χ0) is 19.1. The third-order valence-corrected chi connectivity index (χ3v) is 5.07. The lowest BCUT2D eigenvalue weighted by atomic mass is 10.2. The number of aromatic nitrogens is 2. The number of thioether (sulfide) groups is 1. The lowest BCUT2D eigenvalue weighted by Crippen LogP contribution is -2.24. The number of carbonyl (C=O) groups is 1. The summed E-state index contributed by atoms with van der Waals surface area (Å²) in [5.74, 6) is 2.10. The molecule has 0 saturated carbocycles. The maximum absolute atomic E-state index is 12.0. The first-order chi connectivity index (χ1) is 13.1. The van der Waals surface area contributed by atoms with Crippen molar-refractivity contribution >= 4 is 17.7 Å². The number of amides is 1. The van der Waals surface area contributed by atoms with Crippen LogP contribution in [0, 0.1) is 6.92 Å². The van der Waals surface area contributed by atoms with Crippen molar-refractivity contribution in [3.63, 3.8) is 0 Å². The fourth-order valence-electron chi connectivity index (χ4n) is 2.52. The van der Waals surface area contributed by atoms with Crippen LogP contribution in [0.1, 0.15) is 16.8 Å². The van der Waals surface area contributed by atoms with Crippen molar-refractivity contribution in [3.8, 4) is 11.4 Å². The average Bonchev–Trinajstić information content (AvgIpc) is 3.17. The smallest absolute Gasteiger partial charge is 0.230 e. The topological polar surface area (TPSA) is 56.1 Å². The van der Waals surface area contributed by atoms with Crippen molar-refractivity contribution in [1.29, 1.82) is 0 Å². The Kier molecular flexibility index (Phi) is 6.54. The molecule has 3 rings (SSSR count). The molecule has 3 aromatic rings. The van der Waals surface area contributed by atoms with E-state index in [4.69, 9.17) is 4.74 Å². The number of nitrogens with one attached hydrogen (secondary N) is 1. The number of ether oxygens (including phenoxy) is 1. The maximum Gasteiger partial charge on any atom is 0.230 e.